The predicted octanol–water partition coefficient (Wildman–Crippen LogP) is 2.55. The van der Waals surface area contributed by atoms with Gasteiger partial charge in [0.1, 0.15) is 0 Å². The number of hydrogen-bond donors (Lipinski definition) is 2. The van der Waals surface area contributed by atoms with E-state index >= 15 is 0 Å². The van der Waals surface area contributed by atoms with Gasteiger partial charge in [0.2, 0.25) is 0 Å². The summed E-state index contributed by atoms with van der Waals surface area (Å²) >= 11 is 0. The Morgan fingerprint density at radius 3 is 2.65 bits per heavy atom. The van der Waals surface area contributed by atoms with Crippen LogP contribution in [0.3, 0.4) is 0 Å². The van der Waals surface area contributed by atoms with Crippen molar-refractivity contribution in [1.29, 1.82) is 0 Å². The molecule has 1 aliphatic rings. The number of urea groups is 1. The molecular formula is C18H27N3O2. The maximum Gasteiger partial charge on any atom is 0.315 e. The molecule has 0 unspecified atom stereocenters. The van der Waals surface area contributed by atoms with Crippen LogP contribution in [0.15, 0.2) is 42.5 Å². The first kappa shape index (κ1) is 17.3. The zero-order valence-electron chi connectivity index (χ0n) is 13.9. The molecule has 0 atom stereocenters. The Morgan fingerprint density at radius 2 is 2.00 bits per heavy atom. The third kappa shape index (κ3) is 6.32. The van der Waals surface area contributed by atoms with E-state index < -0.39 is 0 Å². The second-order valence-electron chi connectivity index (χ2n) is 6.01. The van der Waals surface area contributed by atoms with Gasteiger partial charge >= 0.3 is 6.03 Å². The highest BCUT2D eigenvalue weighted by Crippen LogP contribution is 2.19. The number of rotatable bonds is 7. The molecule has 5 heteroatoms. The first-order valence-corrected chi connectivity index (χ1v) is 8.21. The molecule has 2 amide bonds. The van der Waals surface area contributed by atoms with E-state index in [1.807, 2.05) is 13.0 Å². The van der Waals surface area contributed by atoms with Crippen LogP contribution in [0.25, 0.3) is 0 Å². The number of anilines is 1. The van der Waals surface area contributed by atoms with Gasteiger partial charge in [-0.15, -0.1) is 0 Å². The summed E-state index contributed by atoms with van der Waals surface area (Å²) < 4.78 is 5.35. The van der Waals surface area contributed by atoms with Crippen LogP contribution in [-0.4, -0.2) is 44.9 Å². The van der Waals surface area contributed by atoms with Crippen molar-refractivity contribution >= 4 is 11.7 Å². The zero-order chi connectivity index (χ0) is 16.5. The van der Waals surface area contributed by atoms with E-state index in [0.717, 1.165) is 31.5 Å². The Hall–Kier alpha value is -2.01. The number of carbonyl (C=O) groups is 1. The molecule has 0 aliphatic carbocycles. The Balaban J connectivity index is 1.60. The number of piperidine rings is 1. The highest BCUT2D eigenvalue weighted by atomic mass is 16.5. The first-order chi connectivity index (χ1) is 11.1. The Bertz CT molecular complexity index is 496. The number of nitrogens with one attached hydrogen (secondary N) is 2. The maximum atomic E-state index is 11.9. The fraction of sp³-hybridized carbons (Fsp3) is 0.500. The maximum absolute atomic E-state index is 11.9. The largest absolute Gasteiger partial charge is 0.375 e. The number of nitrogens with zero attached hydrogens (tertiary/aromatic N) is 1. The highest BCUT2D eigenvalue weighted by Gasteiger charge is 2.20. The summed E-state index contributed by atoms with van der Waals surface area (Å²) in [5, 5.41) is 5.87. The summed E-state index contributed by atoms with van der Waals surface area (Å²) in [5.41, 5.74) is 2.24. The standard InChI is InChI=1S/C18H27N3O2/c1-15(2)14-23-13-10-19-18(22)20-16-8-11-21(12-9-16)17-6-4-3-5-7-17/h3-7,16H,1,8-14H2,2H3,(H2,19,20,22). The molecule has 0 spiro atoms. The topological polar surface area (TPSA) is 53.6 Å². The van der Waals surface area contributed by atoms with Gasteiger partial charge in [-0.05, 0) is 31.9 Å². The third-order valence-corrected chi connectivity index (χ3v) is 3.83. The van der Waals surface area contributed by atoms with Crippen LogP contribution in [-0.2, 0) is 4.74 Å². The van der Waals surface area contributed by atoms with E-state index in [1.165, 1.54) is 5.69 Å². The molecule has 1 saturated heterocycles. The van der Waals surface area contributed by atoms with Crippen molar-refractivity contribution in [2.24, 2.45) is 0 Å². The van der Waals surface area contributed by atoms with Crippen LogP contribution in [0.2, 0.25) is 0 Å². The fourth-order valence-electron chi connectivity index (χ4n) is 2.64. The van der Waals surface area contributed by atoms with E-state index in [1.54, 1.807) is 0 Å². The van der Waals surface area contributed by atoms with Gasteiger partial charge in [0, 0.05) is 31.4 Å². The summed E-state index contributed by atoms with van der Waals surface area (Å²) in [6, 6.07) is 10.5. The lowest BCUT2D eigenvalue weighted by atomic mass is 10.0. The van der Waals surface area contributed by atoms with Gasteiger partial charge in [-0.3, -0.25) is 0 Å². The molecule has 1 aromatic rings. The third-order valence-electron chi connectivity index (χ3n) is 3.83. The number of carbonyl (C=O) groups excluding carboxylic acids is 1. The molecule has 126 valence electrons. The minimum atomic E-state index is -0.109. The van der Waals surface area contributed by atoms with Gasteiger partial charge in [0.25, 0.3) is 0 Å². The summed E-state index contributed by atoms with van der Waals surface area (Å²) in [6.07, 6.45) is 1.93. The molecule has 2 rings (SSSR count). The zero-order valence-corrected chi connectivity index (χ0v) is 13.9. The lowest BCUT2D eigenvalue weighted by Gasteiger charge is -2.33. The molecule has 1 aromatic carbocycles. The lowest BCUT2D eigenvalue weighted by molar-refractivity contribution is 0.157. The van der Waals surface area contributed by atoms with E-state index in [0.29, 0.717) is 19.8 Å². The molecule has 2 N–H and O–H groups in total. The van der Waals surface area contributed by atoms with Crippen LogP contribution in [0.4, 0.5) is 10.5 Å². The average molecular weight is 317 g/mol. The summed E-state index contributed by atoms with van der Waals surface area (Å²) in [5.74, 6) is 0. The molecule has 1 fully saturated rings. The monoisotopic (exact) mass is 317 g/mol. The molecule has 5 nitrogen and oxygen atoms in total. The van der Waals surface area contributed by atoms with Crippen molar-refractivity contribution in [1.82, 2.24) is 10.6 Å². The minimum Gasteiger partial charge on any atom is -0.375 e. The number of benzene rings is 1. The Kier molecular flexibility index (Phi) is 6.94. The van der Waals surface area contributed by atoms with E-state index in [-0.39, 0.29) is 12.1 Å². The lowest BCUT2D eigenvalue weighted by Crippen LogP contribution is -2.48. The summed E-state index contributed by atoms with van der Waals surface area (Å²) in [7, 11) is 0. The number of para-hydroxylation sites is 1. The first-order valence-electron chi connectivity index (χ1n) is 8.21. The van der Waals surface area contributed by atoms with E-state index in [4.69, 9.17) is 4.74 Å². The number of hydrogen-bond acceptors (Lipinski definition) is 3. The smallest absolute Gasteiger partial charge is 0.315 e. The second-order valence-corrected chi connectivity index (χ2v) is 6.01. The van der Waals surface area contributed by atoms with Crippen LogP contribution in [0, 0.1) is 0 Å². The van der Waals surface area contributed by atoms with E-state index in [2.05, 4.69) is 46.4 Å². The van der Waals surface area contributed by atoms with Crippen LogP contribution in [0.1, 0.15) is 19.8 Å². The number of amides is 2. The highest BCUT2D eigenvalue weighted by molar-refractivity contribution is 5.74. The normalized spacial score (nSPS) is 15.3. The molecular weight excluding hydrogens is 290 g/mol. The van der Waals surface area contributed by atoms with Gasteiger partial charge in [-0.2, -0.15) is 0 Å². The molecule has 23 heavy (non-hydrogen) atoms. The molecule has 1 aliphatic heterocycles. The van der Waals surface area contributed by atoms with Crippen molar-refractivity contribution in [2.45, 2.75) is 25.8 Å². The summed E-state index contributed by atoms with van der Waals surface area (Å²) in [6.45, 7) is 9.19. The Labute approximate surface area is 138 Å². The average Bonchev–Trinajstić information content (AvgIpc) is 2.56. The molecule has 0 bridgehead atoms. The molecule has 0 aromatic heterocycles. The van der Waals surface area contributed by atoms with E-state index in [9.17, 15) is 4.79 Å². The molecule has 0 radical (unpaired) electrons. The molecule has 1 heterocycles. The second kappa shape index (κ2) is 9.20. The van der Waals surface area contributed by atoms with Crippen LogP contribution < -0.4 is 15.5 Å². The quantitative estimate of drug-likeness (QED) is 0.600. The molecule has 0 saturated carbocycles. The van der Waals surface area contributed by atoms with Gasteiger partial charge < -0.3 is 20.3 Å². The van der Waals surface area contributed by atoms with Crippen molar-refractivity contribution in [3.63, 3.8) is 0 Å². The summed E-state index contributed by atoms with van der Waals surface area (Å²) in [4.78, 5) is 14.2. The van der Waals surface area contributed by atoms with Crippen molar-refractivity contribution in [3.8, 4) is 0 Å². The van der Waals surface area contributed by atoms with Crippen LogP contribution >= 0.6 is 0 Å². The van der Waals surface area contributed by atoms with Crippen molar-refractivity contribution in [3.05, 3.63) is 42.5 Å². The van der Waals surface area contributed by atoms with Gasteiger partial charge in [-0.1, -0.05) is 30.4 Å². The van der Waals surface area contributed by atoms with Crippen molar-refractivity contribution in [2.75, 3.05) is 37.7 Å². The predicted molar refractivity (Wildman–Crippen MR) is 93.8 cm³/mol. The van der Waals surface area contributed by atoms with Crippen molar-refractivity contribution < 1.29 is 9.53 Å². The van der Waals surface area contributed by atoms with Gasteiger partial charge in [0.05, 0.1) is 13.2 Å². The fourth-order valence-corrected chi connectivity index (χ4v) is 2.64. The Morgan fingerprint density at radius 1 is 1.30 bits per heavy atom. The van der Waals surface area contributed by atoms with Gasteiger partial charge in [0.15, 0.2) is 0 Å². The van der Waals surface area contributed by atoms with Gasteiger partial charge in [-0.25, -0.2) is 4.79 Å². The SMILES string of the molecule is C=C(C)COCCNC(=O)NC1CCN(c2ccccc2)CC1. The van der Waals surface area contributed by atoms with Crippen LogP contribution in [0.5, 0.6) is 0 Å². The minimum absolute atomic E-state index is 0.109. The number of ether oxygens (including phenoxy) is 1.